The first-order valence-electron chi connectivity index (χ1n) is 5.03. The number of alkyl halides is 1. The second-order valence-electron chi connectivity index (χ2n) is 3.41. The van der Waals surface area contributed by atoms with E-state index in [1.807, 2.05) is 0 Å². The lowest BCUT2D eigenvalue weighted by Gasteiger charge is -2.09. The summed E-state index contributed by atoms with van der Waals surface area (Å²) in [7, 11) is 1.52. The number of carbonyl (C=O) groups is 2. The van der Waals surface area contributed by atoms with Gasteiger partial charge >= 0.3 is 6.03 Å². The number of urea groups is 1. The maximum atomic E-state index is 11.5. The van der Waals surface area contributed by atoms with Crippen molar-refractivity contribution in [2.45, 2.75) is 12.3 Å². The molecule has 1 aromatic carbocycles. The zero-order valence-electron chi connectivity index (χ0n) is 9.79. The van der Waals surface area contributed by atoms with Gasteiger partial charge in [0.25, 0.3) is 0 Å². The van der Waals surface area contributed by atoms with Crippen molar-refractivity contribution in [3.05, 3.63) is 22.7 Å². The Morgan fingerprint density at radius 1 is 1.44 bits per heavy atom. The van der Waals surface area contributed by atoms with Crippen molar-refractivity contribution >= 4 is 45.2 Å². The molecule has 0 aliphatic heterocycles. The van der Waals surface area contributed by atoms with Crippen molar-refractivity contribution in [3.63, 3.8) is 0 Å². The Labute approximate surface area is 118 Å². The van der Waals surface area contributed by atoms with E-state index < -0.39 is 17.3 Å². The number of nitrogens with one attached hydrogen (secondary N) is 2. The van der Waals surface area contributed by atoms with Crippen molar-refractivity contribution in [3.8, 4) is 5.75 Å². The quantitative estimate of drug-likeness (QED) is 0.835. The average Bonchev–Trinajstić information content (AvgIpc) is 2.31. The van der Waals surface area contributed by atoms with Crippen LogP contribution in [0.15, 0.2) is 22.7 Å². The molecule has 98 valence electrons. The van der Waals surface area contributed by atoms with Crippen LogP contribution in [0, 0.1) is 0 Å². The highest BCUT2D eigenvalue weighted by molar-refractivity contribution is 9.10. The second kappa shape index (κ2) is 6.61. The standard InChI is InChI=1S/C11H12BrClN2O3/c1-6(13)10(16)15-11(17)14-7-3-4-8(12)9(5-7)18-2/h3-6H,1-2H3,(H2,14,15,16,17). The molecular formula is C11H12BrClN2O3. The monoisotopic (exact) mass is 334 g/mol. The highest BCUT2D eigenvalue weighted by Crippen LogP contribution is 2.27. The minimum absolute atomic E-state index is 0.502. The number of anilines is 1. The molecule has 0 bridgehead atoms. The minimum Gasteiger partial charge on any atom is -0.495 e. The number of benzene rings is 1. The smallest absolute Gasteiger partial charge is 0.325 e. The maximum Gasteiger partial charge on any atom is 0.325 e. The first kappa shape index (κ1) is 14.8. The third-order valence-corrected chi connectivity index (χ3v) is 2.86. The number of methoxy groups -OCH3 is 1. The van der Waals surface area contributed by atoms with E-state index in [4.69, 9.17) is 16.3 Å². The highest BCUT2D eigenvalue weighted by atomic mass is 79.9. The maximum absolute atomic E-state index is 11.5. The summed E-state index contributed by atoms with van der Waals surface area (Å²) in [5, 5.41) is 3.84. The van der Waals surface area contributed by atoms with Crippen molar-refractivity contribution in [1.82, 2.24) is 5.32 Å². The number of imide groups is 1. The number of halogens is 2. The zero-order valence-corrected chi connectivity index (χ0v) is 12.1. The fourth-order valence-electron chi connectivity index (χ4n) is 1.11. The molecule has 1 unspecified atom stereocenters. The Morgan fingerprint density at radius 2 is 2.11 bits per heavy atom. The van der Waals surface area contributed by atoms with Crippen molar-refractivity contribution in [1.29, 1.82) is 0 Å². The lowest BCUT2D eigenvalue weighted by Crippen LogP contribution is -2.38. The molecule has 0 saturated heterocycles. The van der Waals surface area contributed by atoms with Gasteiger partial charge in [0.05, 0.1) is 11.6 Å². The van der Waals surface area contributed by atoms with Crippen molar-refractivity contribution in [2.24, 2.45) is 0 Å². The number of carbonyl (C=O) groups excluding carboxylic acids is 2. The number of hydrogen-bond donors (Lipinski definition) is 2. The molecule has 0 aliphatic carbocycles. The van der Waals surface area contributed by atoms with E-state index in [9.17, 15) is 9.59 Å². The van der Waals surface area contributed by atoms with Gasteiger partial charge in [-0.3, -0.25) is 10.1 Å². The van der Waals surface area contributed by atoms with Gasteiger partial charge in [-0.05, 0) is 35.0 Å². The molecular weight excluding hydrogens is 323 g/mol. The fraction of sp³-hybridized carbons (Fsp3) is 0.273. The van der Waals surface area contributed by atoms with Gasteiger partial charge in [0.2, 0.25) is 5.91 Å². The zero-order chi connectivity index (χ0) is 13.7. The summed E-state index contributed by atoms with van der Waals surface area (Å²) >= 11 is 8.82. The van der Waals surface area contributed by atoms with Crippen LogP contribution in [0.3, 0.4) is 0 Å². The molecule has 0 spiro atoms. The van der Waals surface area contributed by atoms with Crippen LogP contribution in [0.25, 0.3) is 0 Å². The van der Waals surface area contributed by atoms with E-state index in [1.54, 1.807) is 18.2 Å². The SMILES string of the molecule is COc1cc(NC(=O)NC(=O)C(C)Cl)ccc1Br. The van der Waals surface area contributed by atoms with Crippen LogP contribution in [0.5, 0.6) is 5.75 Å². The molecule has 0 heterocycles. The van der Waals surface area contributed by atoms with Gasteiger partial charge in [0.1, 0.15) is 11.1 Å². The lowest BCUT2D eigenvalue weighted by molar-refractivity contribution is -0.119. The molecule has 0 aromatic heterocycles. The van der Waals surface area contributed by atoms with Crippen LogP contribution in [0.2, 0.25) is 0 Å². The van der Waals surface area contributed by atoms with Crippen molar-refractivity contribution in [2.75, 3.05) is 12.4 Å². The van der Waals surface area contributed by atoms with E-state index in [0.717, 1.165) is 4.47 Å². The first-order chi connectivity index (χ1) is 8.43. The van der Waals surface area contributed by atoms with Gasteiger partial charge in [-0.25, -0.2) is 4.79 Å². The van der Waals surface area contributed by atoms with Crippen molar-refractivity contribution < 1.29 is 14.3 Å². The van der Waals surface area contributed by atoms with Gasteiger partial charge < -0.3 is 10.1 Å². The van der Waals surface area contributed by atoms with Crippen LogP contribution in [-0.4, -0.2) is 24.4 Å². The van der Waals surface area contributed by atoms with Gasteiger partial charge in [-0.2, -0.15) is 0 Å². The Bertz CT molecular complexity index is 466. The Kier molecular flexibility index (Phi) is 5.43. The van der Waals surface area contributed by atoms with Gasteiger partial charge in [-0.15, -0.1) is 11.6 Å². The third-order valence-electron chi connectivity index (χ3n) is 2.01. The van der Waals surface area contributed by atoms with E-state index in [1.165, 1.54) is 14.0 Å². The summed E-state index contributed by atoms with van der Waals surface area (Å²) in [6.07, 6.45) is 0. The number of ether oxygens (including phenoxy) is 1. The Hall–Kier alpha value is -1.27. The molecule has 1 aromatic rings. The summed E-state index contributed by atoms with van der Waals surface area (Å²) in [6.45, 7) is 1.48. The summed E-state index contributed by atoms with van der Waals surface area (Å²) < 4.78 is 5.85. The average molecular weight is 336 g/mol. The molecule has 3 amide bonds. The number of amides is 3. The van der Waals surface area contributed by atoms with Crippen LogP contribution >= 0.6 is 27.5 Å². The minimum atomic E-state index is -0.768. The first-order valence-corrected chi connectivity index (χ1v) is 6.26. The largest absolute Gasteiger partial charge is 0.495 e. The number of rotatable bonds is 3. The van der Waals surface area contributed by atoms with E-state index in [-0.39, 0.29) is 0 Å². The van der Waals surface area contributed by atoms with Gasteiger partial charge in [0.15, 0.2) is 0 Å². The van der Waals surface area contributed by atoms with Gasteiger partial charge in [0, 0.05) is 11.8 Å². The van der Waals surface area contributed by atoms with E-state index in [2.05, 4.69) is 26.6 Å². The van der Waals surface area contributed by atoms with E-state index >= 15 is 0 Å². The predicted octanol–water partition coefficient (Wildman–Crippen LogP) is 2.73. The van der Waals surface area contributed by atoms with Crippen LogP contribution in [0.4, 0.5) is 10.5 Å². The summed E-state index contributed by atoms with van der Waals surface area (Å²) in [5.74, 6) is 0.0167. The normalized spacial score (nSPS) is 11.6. The summed E-state index contributed by atoms with van der Waals surface area (Å²) in [4.78, 5) is 22.6. The molecule has 1 rings (SSSR count). The molecule has 0 aliphatic rings. The molecule has 0 fully saturated rings. The highest BCUT2D eigenvalue weighted by Gasteiger charge is 2.13. The molecule has 5 nitrogen and oxygen atoms in total. The van der Waals surface area contributed by atoms with Crippen LogP contribution < -0.4 is 15.4 Å². The molecule has 0 saturated carbocycles. The topological polar surface area (TPSA) is 67.4 Å². The lowest BCUT2D eigenvalue weighted by atomic mass is 10.3. The Balaban J connectivity index is 2.67. The van der Waals surface area contributed by atoms with Gasteiger partial charge in [-0.1, -0.05) is 0 Å². The van der Waals surface area contributed by atoms with Crippen LogP contribution in [0.1, 0.15) is 6.92 Å². The molecule has 1 atom stereocenters. The van der Waals surface area contributed by atoms with E-state index in [0.29, 0.717) is 11.4 Å². The molecule has 0 radical (unpaired) electrons. The van der Waals surface area contributed by atoms with Crippen LogP contribution in [-0.2, 0) is 4.79 Å². The molecule has 18 heavy (non-hydrogen) atoms. The fourth-order valence-corrected chi connectivity index (χ4v) is 1.57. The summed E-state index contributed by atoms with van der Waals surface area (Å²) in [6, 6.07) is 4.37. The Morgan fingerprint density at radius 3 is 2.67 bits per heavy atom. The molecule has 2 N–H and O–H groups in total. The molecule has 7 heteroatoms. The summed E-state index contributed by atoms with van der Waals surface area (Å²) in [5.41, 5.74) is 0.502. The third kappa shape index (κ3) is 4.19. The predicted molar refractivity (Wildman–Crippen MR) is 73.2 cm³/mol. The number of hydrogen-bond acceptors (Lipinski definition) is 3. The second-order valence-corrected chi connectivity index (χ2v) is 4.92.